The van der Waals surface area contributed by atoms with E-state index >= 15 is 0 Å². The van der Waals surface area contributed by atoms with E-state index in [9.17, 15) is 0 Å². The van der Waals surface area contributed by atoms with E-state index in [-0.39, 0.29) is 24.0 Å². The standard InChI is InChI=1S/C16H21ClN4S.HI/c1-4-13-9-19-15(22-13)10-20-16(18-2)21(3)11-12-7-5-6-8-14(12)17;/h5-9H,4,10-11H2,1-3H3,(H,18,20);1H. The number of halogens is 2. The summed E-state index contributed by atoms with van der Waals surface area (Å²) in [5.41, 5.74) is 1.08. The van der Waals surface area contributed by atoms with Crippen LogP contribution in [0.1, 0.15) is 22.4 Å². The largest absolute Gasteiger partial charge is 0.350 e. The van der Waals surface area contributed by atoms with Crippen molar-refractivity contribution in [1.29, 1.82) is 0 Å². The number of hydrogen-bond acceptors (Lipinski definition) is 3. The highest BCUT2D eigenvalue weighted by molar-refractivity contribution is 14.0. The van der Waals surface area contributed by atoms with Crippen LogP contribution in [-0.2, 0) is 19.5 Å². The minimum atomic E-state index is 0. The van der Waals surface area contributed by atoms with Gasteiger partial charge in [0.2, 0.25) is 0 Å². The van der Waals surface area contributed by atoms with Crippen LogP contribution in [-0.4, -0.2) is 29.9 Å². The number of thiazole rings is 1. The van der Waals surface area contributed by atoms with Gasteiger partial charge in [-0.3, -0.25) is 4.99 Å². The van der Waals surface area contributed by atoms with Crippen molar-refractivity contribution in [3.05, 3.63) is 50.9 Å². The number of aliphatic imine (C=N–C) groups is 1. The van der Waals surface area contributed by atoms with Crippen LogP contribution in [0.5, 0.6) is 0 Å². The second-order valence-corrected chi connectivity index (χ2v) is 6.53. The molecule has 1 aromatic carbocycles. The first-order valence-electron chi connectivity index (χ1n) is 7.22. The Hall–Kier alpha value is -0.860. The van der Waals surface area contributed by atoms with Gasteiger partial charge in [0.1, 0.15) is 5.01 Å². The maximum Gasteiger partial charge on any atom is 0.194 e. The fourth-order valence-electron chi connectivity index (χ4n) is 2.09. The van der Waals surface area contributed by atoms with E-state index < -0.39 is 0 Å². The number of nitrogens with zero attached hydrogens (tertiary/aromatic N) is 3. The van der Waals surface area contributed by atoms with Crippen LogP contribution in [0, 0.1) is 0 Å². The third-order valence-corrected chi connectivity index (χ3v) is 4.80. The molecule has 2 aromatic rings. The van der Waals surface area contributed by atoms with Gasteiger partial charge in [0.05, 0.1) is 6.54 Å². The Morgan fingerprint density at radius 2 is 2.13 bits per heavy atom. The fraction of sp³-hybridized carbons (Fsp3) is 0.375. The molecule has 0 saturated carbocycles. The fourth-order valence-corrected chi connectivity index (χ4v) is 3.09. The lowest BCUT2D eigenvalue weighted by Gasteiger charge is -2.22. The first kappa shape index (κ1) is 20.2. The van der Waals surface area contributed by atoms with Gasteiger partial charge >= 0.3 is 0 Å². The molecule has 0 aliphatic carbocycles. The van der Waals surface area contributed by atoms with Crippen molar-refractivity contribution in [1.82, 2.24) is 15.2 Å². The highest BCUT2D eigenvalue weighted by Gasteiger charge is 2.09. The molecule has 0 atom stereocenters. The molecule has 7 heteroatoms. The van der Waals surface area contributed by atoms with Crippen LogP contribution in [0.4, 0.5) is 0 Å². The normalized spacial score (nSPS) is 11.0. The molecule has 1 aromatic heterocycles. The Morgan fingerprint density at radius 3 is 2.74 bits per heavy atom. The summed E-state index contributed by atoms with van der Waals surface area (Å²) in [6.45, 7) is 3.53. The Labute approximate surface area is 164 Å². The van der Waals surface area contributed by atoms with Crippen molar-refractivity contribution in [3.63, 3.8) is 0 Å². The van der Waals surface area contributed by atoms with Gasteiger partial charge in [-0.15, -0.1) is 35.3 Å². The second-order valence-electron chi connectivity index (χ2n) is 4.92. The Balaban J connectivity index is 0.00000264. The van der Waals surface area contributed by atoms with Gasteiger partial charge in [0, 0.05) is 36.7 Å². The average Bonchev–Trinajstić information content (AvgIpc) is 2.98. The molecule has 0 spiro atoms. The summed E-state index contributed by atoms with van der Waals surface area (Å²) >= 11 is 7.95. The lowest BCUT2D eigenvalue weighted by Crippen LogP contribution is -2.38. The number of guanidine groups is 1. The predicted molar refractivity (Wildman–Crippen MR) is 110 cm³/mol. The number of aryl methyl sites for hydroxylation is 1. The summed E-state index contributed by atoms with van der Waals surface area (Å²) in [6.07, 6.45) is 2.97. The number of nitrogens with one attached hydrogen (secondary N) is 1. The van der Waals surface area contributed by atoms with Crippen molar-refractivity contribution >= 4 is 52.9 Å². The van der Waals surface area contributed by atoms with E-state index in [1.54, 1.807) is 18.4 Å². The second kappa shape index (κ2) is 10.1. The van der Waals surface area contributed by atoms with Crippen LogP contribution in [0.25, 0.3) is 0 Å². The molecule has 0 bridgehead atoms. The van der Waals surface area contributed by atoms with Gasteiger partial charge in [0.25, 0.3) is 0 Å². The summed E-state index contributed by atoms with van der Waals surface area (Å²) in [6, 6.07) is 7.86. The van der Waals surface area contributed by atoms with E-state index in [1.165, 1.54) is 4.88 Å². The highest BCUT2D eigenvalue weighted by atomic mass is 127. The molecular formula is C16H22ClIN4S. The zero-order valence-electron chi connectivity index (χ0n) is 13.5. The van der Waals surface area contributed by atoms with Gasteiger partial charge in [-0.1, -0.05) is 36.7 Å². The van der Waals surface area contributed by atoms with Gasteiger partial charge in [-0.2, -0.15) is 0 Å². The zero-order chi connectivity index (χ0) is 15.9. The molecule has 0 fully saturated rings. The molecule has 0 unspecified atom stereocenters. The molecule has 23 heavy (non-hydrogen) atoms. The smallest absolute Gasteiger partial charge is 0.194 e. The summed E-state index contributed by atoms with van der Waals surface area (Å²) in [5, 5.41) is 5.19. The van der Waals surface area contributed by atoms with Crippen molar-refractivity contribution in [3.8, 4) is 0 Å². The number of aromatic nitrogens is 1. The molecule has 1 N–H and O–H groups in total. The summed E-state index contributed by atoms with van der Waals surface area (Å²) in [7, 11) is 3.78. The zero-order valence-corrected chi connectivity index (χ0v) is 17.4. The van der Waals surface area contributed by atoms with Gasteiger partial charge < -0.3 is 10.2 Å². The molecule has 0 radical (unpaired) electrons. The van der Waals surface area contributed by atoms with Crippen LogP contribution in [0.2, 0.25) is 5.02 Å². The molecule has 0 aliphatic heterocycles. The molecule has 2 rings (SSSR count). The first-order valence-corrected chi connectivity index (χ1v) is 8.42. The van der Waals surface area contributed by atoms with Crippen molar-refractivity contribution < 1.29 is 0 Å². The van der Waals surface area contributed by atoms with Crippen molar-refractivity contribution in [2.45, 2.75) is 26.4 Å². The number of benzene rings is 1. The van der Waals surface area contributed by atoms with Crippen LogP contribution in [0.15, 0.2) is 35.5 Å². The van der Waals surface area contributed by atoms with Crippen molar-refractivity contribution in [2.75, 3.05) is 14.1 Å². The topological polar surface area (TPSA) is 40.5 Å². The number of rotatable bonds is 5. The Bertz CT molecular complexity index is 645. The molecule has 0 aliphatic rings. The Kier molecular flexibility index (Phi) is 8.86. The van der Waals surface area contributed by atoms with E-state index in [4.69, 9.17) is 11.6 Å². The van der Waals surface area contributed by atoms with E-state index in [0.29, 0.717) is 13.1 Å². The lowest BCUT2D eigenvalue weighted by atomic mass is 10.2. The average molecular weight is 465 g/mol. The van der Waals surface area contributed by atoms with Crippen LogP contribution >= 0.6 is 46.9 Å². The maximum absolute atomic E-state index is 6.21. The summed E-state index contributed by atoms with van der Waals surface area (Å²) in [5.74, 6) is 0.827. The monoisotopic (exact) mass is 464 g/mol. The van der Waals surface area contributed by atoms with E-state index in [0.717, 1.165) is 28.0 Å². The molecule has 4 nitrogen and oxygen atoms in total. The third kappa shape index (κ3) is 5.93. The predicted octanol–water partition coefficient (Wildman–Crippen LogP) is 4.18. The minimum Gasteiger partial charge on any atom is -0.350 e. The van der Waals surface area contributed by atoms with E-state index in [1.807, 2.05) is 37.5 Å². The van der Waals surface area contributed by atoms with Gasteiger partial charge in [-0.05, 0) is 18.1 Å². The quantitative estimate of drug-likeness (QED) is 0.410. The van der Waals surface area contributed by atoms with Gasteiger partial charge in [-0.25, -0.2) is 4.98 Å². The third-order valence-electron chi connectivity index (χ3n) is 3.29. The summed E-state index contributed by atoms with van der Waals surface area (Å²) in [4.78, 5) is 12.1. The molecule has 0 saturated heterocycles. The van der Waals surface area contributed by atoms with Gasteiger partial charge in [0.15, 0.2) is 5.96 Å². The molecule has 1 heterocycles. The maximum atomic E-state index is 6.21. The lowest BCUT2D eigenvalue weighted by molar-refractivity contribution is 0.476. The summed E-state index contributed by atoms with van der Waals surface area (Å²) < 4.78 is 0. The minimum absolute atomic E-state index is 0. The van der Waals surface area contributed by atoms with Crippen LogP contribution in [0.3, 0.4) is 0 Å². The highest BCUT2D eigenvalue weighted by Crippen LogP contribution is 2.17. The molecule has 126 valence electrons. The van der Waals surface area contributed by atoms with Crippen molar-refractivity contribution in [2.24, 2.45) is 4.99 Å². The molecule has 0 amide bonds. The Morgan fingerprint density at radius 1 is 1.39 bits per heavy atom. The SMILES string of the molecule is CCc1cnc(CNC(=NC)N(C)Cc2ccccc2Cl)s1.I. The van der Waals surface area contributed by atoms with Crippen LogP contribution < -0.4 is 5.32 Å². The number of hydrogen-bond donors (Lipinski definition) is 1. The first-order chi connectivity index (χ1) is 10.6. The van der Waals surface area contributed by atoms with E-state index in [2.05, 4.69) is 27.1 Å². The molecular weight excluding hydrogens is 443 g/mol.